The molecule has 6 heteroatoms. The largest absolute Gasteiger partial charge is 0.326 e. The van der Waals surface area contributed by atoms with Gasteiger partial charge in [-0.25, -0.2) is 13.1 Å². The molecule has 1 heterocycles. The Bertz CT molecular complexity index is 545. The van der Waals surface area contributed by atoms with E-state index in [0.29, 0.717) is 18.0 Å². The maximum Gasteiger partial charge on any atom is 0.240 e. The predicted octanol–water partition coefficient (Wildman–Crippen LogP) is 0.908. The number of piperidine rings is 1. The highest BCUT2D eigenvalue weighted by Crippen LogP contribution is 2.16. The molecular formula is C14H23N3O2S. The molecule has 1 aliphatic heterocycles. The number of nitrogens with zero attached hydrogens (tertiary/aromatic N) is 1. The van der Waals surface area contributed by atoms with Crippen molar-refractivity contribution >= 4 is 10.0 Å². The summed E-state index contributed by atoms with van der Waals surface area (Å²) < 4.78 is 27.3. The number of hydrogen-bond acceptors (Lipinski definition) is 4. The smallest absolute Gasteiger partial charge is 0.240 e. The third-order valence-electron chi connectivity index (χ3n) is 3.87. The van der Waals surface area contributed by atoms with Crippen LogP contribution in [0, 0.1) is 0 Å². The van der Waals surface area contributed by atoms with Crippen molar-refractivity contribution in [2.24, 2.45) is 5.73 Å². The van der Waals surface area contributed by atoms with Crippen molar-refractivity contribution in [3.05, 3.63) is 29.8 Å². The molecule has 0 radical (unpaired) electrons. The number of rotatable bonds is 5. The van der Waals surface area contributed by atoms with Gasteiger partial charge in [0.1, 0.15) is 0 Å². The first-order valence-corrected chi connectivity index (χ1v) is 8.50. The molecule has 1 fully saturated rings. The number of nitrogens with two attached hydrogens (primary N) is 1. The highest BCUT2D eigenvalue weighted by molar-refractivity contribution is 7.89. The van der Waals surface area contributed by atoms with Gasteiger partial charge in [0.2, 0.25) is 10.0 Å². The van der Waals surface area contributed by atoms with Crippen LogP contribution >= 0.6 is 0 Å². The van der Waals surface area contributed by atoms with E-state index in [1.807, 2.05) is 13.1 Å². The van der Waals surface area contributed by atoms with Crippen LogP contribution in [-0.2, 0) is 16.6 Å². The molecule has 1 atom stereocenters. The zero-order valence-corrected chi connectivity index (χ0v) is 12.7. The maximum absolute atomic E-state index is 12.3. The molecule has 1 unspecified atom stereocenters. The van der Waals surface area contributed by atoms with Crippen molar-refractivity contribution in [2.75, 3.05) is 20.1 Å². The topological polar surface area (TPSA) is 75.4 Å². The summed E-state index contributed by atoms with van der Waals surface area (Å²) in [6.07, 6.45) is 3.40. The van der Waals surface area contributed by atoms with Crippen molar-refractivity contribution in [2.45, 2.75) is 36.7 Å². The van der Waals surface area contributed by atoms with E-state index in [9.17, 15) is 8.42 Å². The molecular weight excluding hydrogens is 274 g/mol. The highest BCUT2D eigenvalue weighted by Gasteiger charge is 2.22. The predicted molar refractivity (Wildman–Crippen MR) is 79.8 cm³/mol. The van der Waals surface area contributed by atoms with Gasteiger partial charge in [0.15, 0.2) is 0 Å². The third-order valence-corrected chi connectivity index (χ3v) is 5.30. The number of likely N-dealkylation sites (tertiary alicyclic amines) is 1. The summed E-state index contributed by atoms with van der Waals surface area (Å²) >= 11 is 0. The highest BCUT2D eigenvalue weighted by atomic mass is 32.2. The first kappa shape index (κ1) is 15.4. The van der Waals surface area contributed by atoms with Crippen LogP contribution in [0.2, 0.25) is 0 Å². The van der Waals surface area contributed by atoms with Gasteiger partial charge in [0.05, 0.1) is 4.90 Å². The van der Waals surface area contributed by atoms with Crippen molar-refractivity contribution < 1.29 is 8.42 Å². The molecule has 0 aromatic heterocycles. The molecule has 1 aromatic carbocycles. The minimum absolute atomic E-state index is 0.288. The summed E-state index contributed by atoms with van der Waals surface area (Å²) in [6.45, 7) is 1.84. The first-order valence-electron chi connectivity index (χ1n) is 7.02. The second kappa shape index (κ2) is 6.67. The average Bonchev–Trinajstić information content (AvgIpc) is 2.46. The van der Waals surface area contributed by atoms with Crippen molar-refractivity contribution in [3.63, 3.8) is 0 Å². The zero-order chi connectivity index (χ0) is 14.6. The Hall–Kier alpha value is -0.950. The fourth-order valence-electron chi connectivity index (χ4n) is 2.53. The summed E-state index contributed by atoms with van der Waals surface area (Å²) in [7, 11) is -1.40. The van der Waals surface area contributed by atoms with E-state index < -0.39 is 10.0 Å². The van der Waals surface area contributed by atoms with Crippen LogP contribution in [0.5, 0.6) is 0 Å². The molecule has 0 aliphatic carbocycles. The second-order valence-corrected chi connectivity index (χ2v) is 7.10. The normalized spacial score (nSPS) is 21.0. The van der Waals surface area contributed by atoms with E-state index in [2.05, 4.69) is 9.62 Å². The number of nitrogens with one attached hydrogen (secondary N) is 1. The molecule has 2 rings (SSSR count). The maximum atomic E-state index is 12.3. The second-order valence-electron chi connectivity index (χ2n) is 5.33. The molecule has 3 N–H and O–H groups in total. The van der Waals surface area contributed by atoms with Crippen molar-refractivity contribution in [1.82, 2.24) is 9.62 Å². The Balaban J connectivity index is 2.03. The van der Waals surface area contributed by atoms with Gasteiger partial charge in [0.25, 0.3) is 0 Å². The minimum atomic E-state index is -3.45. The van der Waals surface area contributed by atoms with Gasteiger partial charge >= 0.3 is 0 Å². The lowest BCUT2D eigenvalue weighted by atomic mass is 10.0. The van der Waals surface area contributed by atoms with Gasteiger partial charge in [-0.2, -0.15) is 0 Å². The lowest BCUT2D eigenvalue weighted by Crippen LogP contribution is -2.44. The van der Waals surface area contributed by atoms with E-state index in [-0.39, 0.29) is 6.04 Å². The minimum Gasteiger partial charge on any atom is -0.326 e. The van der Waals surface area contributed by atoms with Crippen molar-refractivity contribution in [3.8, 4) is 0 Å². The van der Waals surface area contributed by atoms with E-state index >= 15 is 0 Å². The molecule has 0 spiro atoms. The van der Waals surface area contributed by atoms with Gasteiger partial charge in [-0.05, 0) is 44.1 Å². The van der Waals surface area contributed by atoms with E-state index in [0.717, 1.165) is 18.5 Å². The molecule has 1 aliphatic rings. The summed E-state index contributed by atoms with van der Waals surface area (Å²) in [5, 5.41) is 0. The number of sulfonamides is 1. The molecule has 5 nitrogen and oxygen atoms in total. The Morgan fingerprint density at radius 2 is 2.20 bits per heavy atom. The Kier molecular flexibility index (Phi) is 5.15. The monoisotopic (exact) mass is 297 g/mol. The molecule has 112 valence electrons. The van der Waals surface area contributed by atoms with Gasteiger partial charge in [-0.3, -0.25) is 0 Å². The van der Waals surface area contributed by atoms with Gasteiger partial charge in [-0.15, -0.1) is 0 Å². The summed E-state index contributed by atoms with van der Waals surface area (Å²) in [5.41, 5.74) is 6.37. The Morgan fingerprint density at radius 3 is 2.90 bits per heavy atom. The van der Waals surface area contributed by atoms with Crippen LogP contribution in [0.3, 0.4) is 0 Å². The first-order chi connectivity index (χ1) is 9.53. The lowest BCUT2D eigenvalue weighted by Gasteiger charge is -2.32. The van der Waals surface area contributed by atoms with Gasteiger partial charge in [-0.1, -0.05) is 18.6 Å². The third kappa shape index (κ3) is 3.79. The van der Waals surface area contributed by atoms with Crippen LogP contribution < -0.4 is 10.5 Å². The van der Waals surface area contributed by atoms with Crippen LogP contribution in [0.25, 0.3) is 0 Å². The fourth-order valence-corrected chi connectivity index (χ4v) is 3.67. The molecule has 0 bridgehead atoms. The number of hydrogen-bond donors (Lipinski definition) is 2. The van der Waals surface area contributed by atoms with E-state index in [4.69, 9.17) is 5.73 Å². The van der Waals surface area contributed by atoms with Crippen LogP contribution in [-0.4, -0.2) is 39.5 Å². The summed E-state index contributed by atoms with van der Waals surface area (Å²) in [5.74, 6) is 0. The number of likely N-dealkylation sites (N-methyl/N-ethyl adjacent to an activating group) is 1. The summed E-state index contributed by atoms with van der Waals surface area (Å²) in [4.78, 5) is 2.52. The quantitative estimate of drug-likeness (QED) is 0.847. The summed E-state index contributed by atoms with van der Waals surface area (Å²) in [6, 6.07) is 7.08. The molecule has 0 saturated carbocycles. The van der Waals surface area contributed by atoms with Gasteiger partial charge < -0.3 is 10.6 Å². The average molecular weight is 297 g/mol. The van der Waals surface area contributed by atoms with E-state index in [1.165, 1.54) is 12.8 Å². The Morgan fingerprint density at radius 1 is 1.40 bits per heavy atom. The molecule has 0 amide bonds. The Labute approximate surface area is 121 Å². The lowest BCUT2D eigenvalue weighted by molar-refractivity contribution is 0.187. The van der Waals surface area contributed by atoms with Gasteiger partial charge in [0, 0.05) is 19.1 Å². The molecule has 20 heavy (non-hydrogen) atoms. The van der Waals surface area contributed by atoms with Crippen LogP contribution in [0.1, 0.15) is 24.8 Å². The van der Waals surface area contributed by atoms with Crippen LogP contribution in [0.15, 0.2) is 29.2 Å². The number of benzene rings is 1. The van der Waals surface area contributed by atoms with Crippen molar-refractivity contribution in [1.29, 1.82) is 0 Å². The standard InChI is InChI=1S/C14H23N3O2S/c1-17-8-3-2-6-13(17)11-16-20(18,19)14-7-4-5-12(9-14)10-15/h4-5,7,9,13,16H,2-3,6,8,10-11,15H2,1H3. The SMILES string of the molecule is CN1CCCCC1CNS(=O)(=O)c1cccc(CN)c1. The fraction of sp³-hybridized carbons (Fsp3) is 0.571. The van der Waals surface area contributed by atoms with E-state index in [1.54, 1.807) is 18.2 Å². The zero-order valence-electron chi connectivity index (χ0n) is 11.9. The molecule has 1 aromatic rings. The van der Waals surface area contributed by atoms with Crippen LogP contribution in [0.4, 0.5) is 0 Å². The molecule has 1 saturated heterocycles.